The van der Waals surface area contributed by atoms with Crippen LogP contribution in [0.3, 0.4) is 0 Å². The molecule has 0 aliphatic carbocycles. The van der Waals surface area contributed by atoms with E-state index in [4.69, 9.17) is 5.73 Å². The molecular formula is C20H27N. The lowest BCUT2D eigenvalue weighted by Crippen LogP contribution is -1.96. The molecule has 0 spiro atoms. The maximum absolute atomic E-state index is 4.85. The van der Waals surface area contributed by atoms with Crippen molar-refractivity contribution in [1.29, 1.82) is 0 Å². The summed E-state index contributed by atoms with van der Waals surface area (Å²) in [7, 11) is 0. The van der Waals surface area contributed by atoms with E-state index in [1.807, 2.05) is 6.92 Å². The molecule has 1 heteroatoms. The number of rotatable bonds is 4. The van der Waals surface area contributed by atoms with Crippen molar-refractivity contribution in [3.8, 4) is 0 Å². The van der Waals surface area contributed by atoms with Crippen molar-refractivity contribution >= 4 is 0 Å². The van der Waals surface area contributed by atoms with Crippen molar-refractivity contribution in [2.75, 3.05) is 0 Å². The van der Waals surface area contributed by atoms with Gasteiger partial charge in [0.2, 0.25) is 0 Å². The van der Waals surface area contributed by atoms with Crippen molar-refractivity contribution in [3.05, 3.63) is 83.6 Å². The van der Waals surface area contributed by atoms with Crippen LogP contribution >= 0.6 is 0 Å². The number of nitrogens with two attached hydrogens (primary N) is 1. The van der Waals surface area contributed by atoms with Gasteiger partial charge >= 0.3 is 0 Å². The summed E-state index contributed by atoms with van der Waals surface area (Å²) < 4.78 is 0. The van der Waals surface area contributed by atoms with E-state index >= 15 is 0 Å². The van der Waals surface area contributed by atoms with Crippen LogP contribution in [0.25, 0.3) is 0 Å². The Morgan fingerprint density at radius 3 is 1.95 bits per heavy atom. The molecule has 0 amide bonds. The molecule has 0 aliphatic heterocycles. The molecule has 2 aromatic carbocycles. The Morgan fingerprint density at radius 2 is 1.48 bits per heavy atom. The predicted octanol–water partition coefficient (Wildman–Crippen LogP) is 5.27. The normalized spacial score (nSPS) is 11.8. The first kappa shape index (κ1) is 17.0. The highest BCUT2D eigenvalue weighted by molar-refractivity contribution is 5.33. The average Bonchev–Trinajstić information content (AvgIpc) is 2.56. The summed E-state index contributed by atoms with van der Waals surface area (Å²) in [6.07, 6.45) is 5.67. The van der Waals surface area contributed by atoms with Gasteiger partial charge in [0.15, 0.2) is 0 Å². The molecule has 0 radical (unpaired) electrons. The minimum Gasteiger partial charge on any atom is -0.405 e. The molecule has 2 rings (SSSR count). The van der Waals surface area contributed by atoms with Gasteiger partial charge in [-0.2, -0.15) is 0 Å². The first-order valence-corrected chi connectivity index (χ1v) is 7.69. The molecule has 0 fully saturated rings. The lowest BCUT2D eigenvalue weighted by Gasteiger charge is -2.12. The summed E-state index contributed by atoms with van der Waals surface area (Å²) in [5.74, 6) is 0.479. The Hall–Kier alpha value is -2.02. The van der Waals surface area contributed by atoms with Crippen LogP contribution in [0.15, 0.2) is 66.9 Å². The molecular weight excluding hydrogens is 254 g/mol. The van der Waals surface area contributed by atoms with Crippen molar-refractivity contribution in [2.24, 2.45) is 5.73 Å². The van der Waals surface area contributed by atoms with Gasteiger partial charge in [-0.05, 0) is 36.2 Å². The van der Waals surface area contributed by atoms with Gasteiger partial charge in [-0.15, -0.1) is 0 Å². The second kappa shape index (κ2) is 9.82. The summed E-state index contributed by atoms with van der Waals surface area (Å²) >= 11 is 0. The van der Waals surface area contributed by atoms with Gasteiger partial charge < -0.3 is 5.73 Å². The van der Waals surface area contributed by atoms with Gasteiger partial charge in [-0.1, -0.05) is 80.9 Å². The molecule has 112 valence electrons. The Balaban J connectivity index is 0.000000491. The first-order valence-electron chi connectivity index (χ1n) is 7.69. The predicted molar refractivity (Wildman–Crippen MR) is 93.4 cm³/mol. The Bertz CT molecular complexity index is 507. The second-order valence-corrected chi connectivity index (χ2v) is 5.15. The highest BCUT2D eigenvalue weighted by Gasteiger charge is 2.07. The number of benzene rings is 2. The molecule has 0 saturated carbocycles. The minimum absolute atomic E-state index is 0.479. The number of aryl methyl sites for hydroxylation is 1. The van der Waals surface area contributed by atoms with Gasteiger partial charge in [-0.3, -0.25) is 0 Å². The topological polar surface area (TPSA) is 26.0 Å². The Morgan fingerprint density at radius 1 is 0.952 bits per heavy atom. The quantitative estimate of drug-likeness (QED) is 0.811. The second-order valence-electron chi connectivity index (χ2n) is 5.15. The van der Waals surface area contributed by atoms with Crippen LogP contribution in [0.2, 0.25) is 0 Å². The highest BCUT2D eigenvalue weighted by atomic mass is 14.5. The summed E-state index contributed by atoms with van der Waals surface area (Å²) in [6.45, 7) is 6.37. The van der Waals surface area contributed by atoms with E-state index in [2.05, 4.69) is 68.4 Å². The van der Waals surface area contributed by atoms with E-state index in [0.717, 1.165) is 0 Å². The summed E-state index contributed by atoms with van der Waals surface area (Å²) in [5, 5.41) is 0. The zero-order valence-electron chi connectivity index (χ0n) is 13.4. The number of hydrogen-bond donors (Lipinski definition) is 1. The summed E-state index contributed by atoms with van der Waals surface area (Å²) in [6, 6.07) is 19.7. The molecule has 0 aromatic heterocycles. The van der Waals surface area contributed by atoms with Crippen molar-refractivity contribution in [2.45, 2.75) is 39.5 Å². The Kier molecular flexibility index (Phi) is 7.96. The summed E-state index contributed by atoms with van der Waals surface area (Å²) in [5.41, 5.74) is 9.07. The number of allylic oxidation sites excluding steroid dienone is 1. The van der Waals surface area contributed by atoms with Crippen molar-refractivity contribution < 1.29 is 0 Å². The van der Waals surface area contributed by atoms with Gasteiger partial charge in [0, 0.05) is 5.92 Å². The zero-order chi connectivity index (χ0) is 15.5. The van der Waals surface area contributed by atoms with Crippen molar-refractivity contribution in [3.63, 3.8) is 0 Å². The molecule has 1 unspecified atom stereocenters. The van der Waals surface area contributed by atoms with Gasteiger partial charge in [0.25, 0.3) is 0 Å². The van der Waals surface area contributed by atoms with E-state index < -0.39 is 0 Å². The molecule has 0 aliphatic rings. The Labute approximate surface area is 129 Å². The fraction of sp³-hybridized carbons (Fsp3) is 0.300. The average molecular weight is 281 g/mol. The van der Waals surface area contributed by atoms with Crippen molar-refractivity contribution in [1.82, 2.24) is 0 Å². The molecule has 1 nitrogen and oxygen atoms in total. The lowest BCUT2D eigenvalue weighted by molar-refractivity contribution is 0.901. The molecule has 21 heavy (non-hydrogen) atoms. The van der Waals surface area contributed by atoms with E-state index in [9.17, 15) is 0 Å². The molecule has 2 aromatic rings. The maximum atomic E-state index is 4.85. The molecule has 1 atom stereocenters. The molecule has 0 heterocycles. The van der Waals surface area contributed by atoms with Crippen LogP contribution in [0, 0.1) is 0 Å². The minimum atomic E-state index is 0.479. The third-order valence-electron chi connectivity index (χ3n) is 3.51. The van der Waals surface area contributed by atoms with Crippen LogP contribution < -0.4 is 5.73 Å². The smallest absolute Gasteiger partial charge is 0.00610 e. The van der Waals surface area contributed by atoms with Crippen LogP contribution in [0.5, 0.6) is 0 Å². The number of hydrogen-bond acceptors (Lipinski definition) is 1. The monoisotopic (exact) mass is 281 g/mol. The molecule has 2 N–H and O–H groups in total. The van der Waals surface area contributed by atoms with Crippen LogP contribution in [-0.4, -0.2) is 0 Å². The lowest BCUT2D eigenvalue weighted by atomic mass is 9.92. The summed E-state index contributed by atoms with van der Waals surface area (Å²) in [4.78, 5) is 0. The third-order valence-corrected chi connectivity index (χ3v) is 3.51. The zero-order valence-corrected chi connectivity index (χ0v) is 13.4. The standard InChI is InChI=1S/C17H20.C3H7N/c1-3-7-15-10-12-17(13-11-15)14(2)16-8-5-4-6-9-16;1-2-3-4/h4-6,8-14H,3,7H2,1-2H3;2-3H,4H2,1H3. The fourth-order valence-corrected chi connectivity index (χ4v) is 2.20. The fourth-order valence-electron chi connectivity index (χ4n) is 2.20. The van der Waals surface area contributed by atoms with Gasteiger partial charge in [0.05, 0.1) is 0 Å². The third kappa shape index (κ3) is 5.86. The van der Waals surface area contributed by atoms with E-state index in [0.29, 0.717) is 5.92 Å². The van der Waals surface area contributed by atoms with E-state index in [1.54, 1.807) is 6.08 Å². The largest absolute Gasteiger partial charge is 0.405 e. The van der Waals surface area contributed by atoms with Crippen LogP contribution in [-0.2, 0) is 6.42 Å². The van der Waals surface area contributed by atoms with Crippen LogP contribution in [0.1, 0.15) is 49.8 Å². The highest BCUT2D eigenvalue weighted by Crippen LogP contribution is 2.24. The van der Waals surface area contributed by atoms with Crippen LogP contribution in [0.4, 0.5) is 0 Å². The van der Waals surface area contributed by atoms with Gasteiger partial charge in [-0.25, -0.2) is 0 Å². The maximum Gasteiger partial charge on any atom is 0.00610 e. The van der Waals surface area contributed by atoms with Gasteiger partial charge in [0.1, 0.15) is 0 Å². The SMILES string of the molecule is CC=CN.CCCc1ccc(C(C)c2ccccc2)cc1. The first-order chi connectivity index (χ1) is 10.2. The van der Waals surface area contributed by atoms with E-state index in [-0.39, 0.29) is 0 Å². The molecule has 0 bridgehead atoms. The molecule has 0 saturated heterocycles. The van der Waals surface area contributed by atoms with E-state index in [1.165, 1.54) is 35.7 Å².